The van der Waals surface area contributed by atoms with Gasteiger partial charge in [0, 0.05) is 23.5 Å². The van der Waals surface area contributed by atoms with Gasteiger partial charge < -0.3 is 5.11 Å². The molecule has 0 aliphatic carbocycles. The number of carboxylic acids is 1. The van der Waals surface area contributed by atoms with Crippen LogP contribution in [0.2, 0.25) is 0 Å². The van der Waals surface area contributed by atoms with Crippen LogP contribution in [0, 0.1) is 0 Å². The van der Waals surface area contributed by atoms with Crippen LogP contribution < -0.4 is 0 Å². The molecule has 0 saturated carbocycles. The van der Waals surface area contributed by atoms with Gasteiger partial charge in [-0.05, 0) is 70.6 Å². The van der Waals surface area contributed by atoms with Gasteiger partial charge in [-0.15, -0.1) is 0 Å². The van der Waals surface area contributed by atoms with Gasteiger partial charge in [-0.1, -0.05) is 0 Å². The zero-order chi connectivity index (χ0) is 12.6. The molecule has 0 radical (unpaired) electrons. The molecule has 0 aliphatic heterocycles. The maximum Gasteiger partial charge on any atom is 0.337 e. The summed E-state index contributed by atoms with van der Waals surface area (Å²) < 4.78 is 1.89. The van der Waals surface area contributed by atoms with Crippen LogP contribution in [0.3, 0.4) is 0 Å². The van der Waals surface area contributed by atoms with E-state index in [2.05, 4.69) is 63.7 Å². The van der Waals surface area contributed by atoms with E-state index in [4.69, 9.17) is 5.11 Å². The van der Waals surface area contributed by atoms with Crippen molar-refractivity contribution in [3.8, 4) is 0 Å². The number of hydrogen-bond donors (Lipinski definition) is 1. The Morgan fingerprint density at radius 1 is 0.875 bits per heavy atom. The first-order valence-corrected chi connectivity index (χ1v) is 7.06. The van der Waals surface area contributed by atoms with Gasteiger partial charge in [-0.25, -0.2) is 4.79 Å². The highest BCUT2D eigenvalue weighted by molar-refractivity contribution is 9.15. The Morgan fingerprint density at radius 3 is 1.56 bits per heavy atom. The molecule has 0 amide bonds. The third-order valence-corrected chi connectivity index (χ3v) is 6.60. The SMILES string of the molecule is CC(=O)c1c(Br)c(Br)c(Br)c(Br)c1C(=O)O. The number of benzene rings is 1. The smallest absolute Gasteiger partial charge is 0.337 e. The summed E-state index contributed by atoms with van der Waals surface area (Å²) >= 11 is 12.9. The van der Waals surface area contributed by atoms with Gasteiger partial charge in [0.25, 0.3) is 0 Å². The first-order chi connectivity index (χ1) is 7.29. The summed E-state index contributed by atoms with van der Waals surface area (Å²) in [5.74, 6) is -1.48. The topological polar surface area (TPSA) is 54.4 Å². The zero-order valence-electron chi connectivity index (χ0n) is 7.78. The summed E-state index contributed by atoms with van der Waals surface area (Å²) in [4.78, 5) is 22.6. The van der Waals surface area contributed by atoms with Gasteiger partial charge in [0.2, 0.25) is 0 Å². The summed E-state index contributed by atoms with van der Waals surface area (Å²) in [6.07, 6.45) is 0. The van der Waals surface area contributed by atoms with Crippen LogP contribution in [0.15, 0.2) is 17.9 Å². The average Bonchev–Trinajstić information content (AvgIpc) is 2.18. The van der Waals surface area contributed by atoms with E-state index >= 15 is 0 Å². The summed E-state index contributed by atoms with van der Waals surface area (Å²) in [6, 6.07) is 0. The Labute approximate surface area is 125 Å². The number of carbonyl (C=O) groups excluding carboxylic acids is 1. The molecule has 86 valence electrons. The molecule has 0 fully saturated rings. The molecular formula is C9H4Br4O3. The minimum absolute atomic E-state index is 0.0607. The highest BCUT2D eigenvalue weighted by Gasteiger charge is 2.25. The van der Waals surface area contributed by atoms with Crippen molar-refractivity contribution in [1.29, 1.82) is 0 Å². The fourth-order valence-electron chi connectivity index (χ4n) is 1.16. The van der Waals surface area contributed by atoms with E-state index in [1.807, 2.05) is 0 Å². The lowest BCUT2D eigenvalue weighted by Gasteiger charge is -2.12. The molecule has 1 rings (SSSR count). The number of carboxylic acid groups (broad SMARTS) is 1. The first kappa shape index (κ1) is 14.3. The van der Waals surface area contributed by atoms with Crippen molar-refractivity contribution in [2.75, 3.05) is 0 Å². The van der Waals surface area contributed by atoms with Gasteiger partial charge >= 0.3 is 5.97 Å². The molecule has 7 heteroatoms. The average molecular weight is 480 g/mol. The van der Waals surface area contributed by atoms with Crippen LogP contribution in [0.1, 0.15) is 27.6 Å². The van der Waals surface area contributed by atoms with Crippen molar-refractivity contribution in [3.05, 3.63) is 29.0 Å². The number of carbonyl (C=O) groups is 2. The fraction of sp³-hybridized carbons (Fsp3) is 0.111. The van der Waals surface area contributed by atoms with Crippen molar-refractivity contribution in [3.63, 3.8) is 0 Å². The second-order valence-electron chi connectivity index (χ2n) is 2.87. The third-order valence-electron chi connectivity index (χ3n) is 1.83. The van der Waals surface area contributed by atoms with E-state index in [0.717, 1.165) is 0 Å². The Kier molecular flexibility index (Phi) is 4.74. The second kappa shape index (κ2) is 5.29. The molecule has 0 saturated heterocycles. The lowest BCUT2D eigenvalue weighted by Crippen LogP contribution is -2.09. The summed E-state index contributed by atoms with van der Waals surface area (Å²) in [5, 5.41) is 9.10. The van der Waals surface area contributed by atoms with Crippen LogP contribution in [0.25, 0.3) is 0 Å². The van der Waals surface area contributed by atoms with E-state index in [0.29, 0.717) is 17.9 Å². The number of rotatable bonds is 2. The second-order valence-corrected chi connectivity index (χ2v) is 6.04. The summed E-state index contributed by atoms with van der Waals surface area (Å²) in [7, 11) is 0. The number of Topliss-reactive ketones (excluding diaryl/α,β-unsaturated/α-hetero) is 1. The fourth-order valence-corrected chi connectivity index (χ4v) is 3.73. The highest BCUT2D eigenvalue weighted by atomic mass is 79.9. The van der Waals surface area contributed by atoms with Crippen molar-refractivity contribution >= 4 is 75.5 Å². The Balaban J connectivity index is 3.83. The predicted molar refractivity (Wildman–Crippen MR) is 74.2 cm³/mol. The lowest BCUT2D eigenvalue weighted by molar-refractivity contribution is 0.0691. The van der Waals surface area contributed by atoms with E-state index < -0.39 is 5.97 Å². The summed E-state index contributed by atoms with van der Waals surface area (Å²) in [6.45, 7) is 1.32. The van der Waals surface area contributed by atoms with E-state index in [-0.39, 0.29) is 16.9 Å². The first-order valence-electron chi connectivity index (χ1n) is 3.89. The van der Waals surface area contributed by atoms with E-state index in [1.165, 1.54) is 6.92 Å². The predicted octanol–water partition coefficient (Wildman–Crippen LogP) is 4.64. The normalized spacial score (nSPS) is 10.3. The summed E-state index contributed by atoms with van der Waals surface area (Å²) in [5.41, 5.74) is 0.0731. The Morgan fingerprint density at radius 2 is 1.25 bits per heavy atom. The Hall–Kier alpha value is 0.280. The van der Waals surface area contributed by atoms with Gasteiger partial charge in [0.05, 0.1) is 5.56 Å². The number of halogens is 4. The molecule has 0 bridgehead atoms. The zero-order valence-corrected chi connectivity index (χ0v) is 14.1. The van der Waals surface area contributed by atoms with Crippen LogP contribution in [0.5, 0.6) is 0 Å². The standard InChI is InChI=1S/C9H4Br4O3/c1-2(14)3-4(9(15)16)6(11)8(13)7(12)5(3)10/h1H3,(H,15,16). The highest BCUT2D eigenvalue weighted by Crippen LogP contribution is 2.42. The van der Waals surface area contributed by atoms with Gasteiger partial charge in [-0.2, -0.15) is 0 Å². The van der Waals surface area contributed by atoms with Gasteiger partial charge in [0.1, 0.15) is 0 Å². The lowest BCUT2D eigenvalue weighted by atomic mass is 10.0. The monoisotopic (exact) mass is 476 g/mol. The van der Waals surface area contributed by atoms with Crippen LogP contribution >= 0.6 is 63.7 Å². The van der Waals surface area contributed by atoms with Crippen molar-refractivity contribution in [1.82, 2.24) is 0 Å². The molecule has 1 N–H and O–H groups in total. The van der Waals surface area contributed by atoms with Crippen LogP contribution in [-0.2, 0) is 0 Å². The van der Waals surface area contributed by atoms with E-state index in [1.54, 1.807) is 0 Å². The van der Waals surface area contributed by atoms with Crippen LogP contribution in [-0.4, -0.2) is 16.9 Å². The van der Waals surface area contributed by atoms with Crippen molar-refractivity contribution in [2.45, 2.75) is 6.92 Å². The number of hydrogen-bond acceptors (Lipinski definition) is 2. The number of ketones is 1. The Bertz CT molecular complexity index is 451. The number of aromatic carboxylic acids is 1. The third kappa shape index (κ3) is 2.42. The van der Waals surface area contributed by atoms with E-state index in [9.17, 15) is 9.59 Å². The minimum Gasteiger partial charge on any atom is -0.478 e. The molecule has 0 heterocycles. The molecule has 0 atom stereocenters. The molecule has 0 aliphatic rings. The minimum atomic E-state index is -1.16. The molecular weight excluding hydrogens is 476 g/mol. The molecule has 0 unspecified atom stereocenters. The maximum absolute atomic E-state index is 11.5. The molecule has 1 aromatic rings. The van der Waals surface area contributed by atoms with Crippen molar-refractivity contribution < 1.29 is 14.7 Å². The van der Waals surface area contributed by atoms with Gasteiger partial charge in [0.15, 0.2) is 5.78 Å². The molecule has 0 spiro atoms. The quantitative estimate of drug-likeness (QED) is 0.382. The van der Waals surface area contributed by atoms with Gasteiger partial charge in [-0.3, -0.25) is 4.79 Å². The molecule has 1 aromatic carbocycles. The molecule has 0 aromatic heterocycles. The maximum atomic E-state index is 11.5. The van der Waals surface area contributed by atoms with Crippen molar-refractivity contribution in [2.24, 2.45) is 0 Å². The van der Waals surface area contributed by atoms with Crippen LogP contribution in [0.4, 0.5) is 0 Å². The molecule has 16 heavy (non-hydrogen) atoms. The molecule has 3 nitrogen and oxygen atoms in total. The largest absolute Gasteiger partial charge is 0.478 e.